The van der Waals surface area contributed by atoms with Crippen LogP contribution in [-0.4, -0.2) is 130 Å². The Kier molecular flexibility index (Phi) is 20.7. The van der Waals surface area contributed by atoms with Gasteiger partial charge in [0.2, 0.25) is 5.91 Å². The molecule has 6 N–H and O–H groups in total. The van der Waals surface area contributed by atoms with Gasteiger partial charge < -0.3 is 59.3 Å². The van der Waals surface area contributed by atoms with Crippen LogP contribution in [0.3, 0.4) is 0 Å². The topological polar surface area (TPSA) is 203 Å². The molecule has 0 aromatic carbocycles. The van der Waals surface area contributed by atoms with Gasteiger partial charge in [0.15, 0.2) is 18.7 Å². The Bertz CT molecular complexity index is 1130. The van der Waals surface area contributed by atoms with Crippen LogP contribution in [0.4, 0.5) is 0 Å². The van der Waals surface area contributed by atoms with E-state index >= 15 is 0 Å². The lowest BCUT2D eigenvalue weighted by molar-refractivity contribution is -0.336. The van der Waals surface area contributed by atoms with Gasteiger partial charge in [-0.25, -0.2) is 4.79 Å². The van der Waals surface area contributed by atoms with E-state index in [0.29, 0.717) is 12.8 Å². The molecule has 14 nitrogen and oxygen atoms in total. The van der Waals surface area contributed by atoms with Crippen LogP contribution in [0.25, 0.3) is 0 Å². The summed E-state index contributed by atoms with van der Waals surface area (Å²) in [5, 5.41) is 56.2. The number of carbonyl (C=O) groups excluding carboxylic acids is 2. The fourth-order valence-electron chi connectivity index (χ4n) is 8.87. The highest BCUT2D eigenvalue weighted by atomic mass is 16.7. The molecule has 6 unspecified atom stereocenters. The molecule has 0 aromatic rings. The Morgan fingerprint density at radius 3 is 2.04 bits per heavy atom. The Morgan fingerprint density at radius 2 is 1.39 bits per heavy atom. The summed E-state index contributed by atoms with van der Waals surface area (Å²) in [6, 6.07) is -1.08. The number of nitrogens with one attached hydrogen (secondary N) is 1. The minimum atomic E-state index is -1.51. The Balaban J connectivity index is 1.46. The normalized spacial score (nSPS) is 36.2. The molecule has 1 amide bonds. The second-order valence-corrected chi connectivity index (χ2v) is 17.0. The van der Waals surface area contributed by atoms with Gasteiger partial charge in [0.1, 0.15) is 42.7 Å². The van der Waals surface area contributed by atoms with E-state index in [-0.39, 0.29) is 18.4 Å². The van der Waals surface area contributed by atoms with Crippen LogP contribution in [0.1, 0.15) is 150 Å². The summed E-state index contributed by atoms with van der Waals surface area (Å²) in [6.07, 6.45) is 5.61. The Morgan fingerprint density at radius 1 is 0.732 bits per heavy atom. The summed E-state index contributed by atoms with van der Waals surface area (Å²) in [4.78, 5) is 26.5. The van der Waals surface area contributed by atoms with Crippen LogP contribution in [0.2, 0.25) is 0 Å². The second-order valence-electron chi connectivity index (χ2n) is 17.0. The average Bonchev–Trinajstić information content (AvgIpc) is 3.18. The van der Waals surface area contributed by atoms with Gasteiger partial charge in [0, 0.05) is 6.92 Å². The lowest BCUT2D eigenvalue weighted by Crippen LogP contribution is -2.67. The molecule has 4 fully saturated rings. The first-order valence-electron chi connectivity index (χ1n) is 22.0. The van der Waals surface area contributed by atoms with Crippen molar-refractivity contribution in [2.45, 2.75) is 229 Å². The standard InChI is InChI=1S/C42H75NO13/c1-5-6-7-8-9-10-11-12-13-17-23-51-40(50)31(24-29-20-15-14-16-21-29)53-39-33(43-28(4)45)41(55-32(25-44)35(39)47)54-30-22-18-19-26(2)38(30)56-42-37(49)36(48)34(46)27(3)52-42/h26-27,29-39,41-42,44,46-49H,5-25H2,1-4H3,(H,43,45)/t26?,27?,30-,31+,32-,33-,34?,35+,36?,37?,38-,39-,41+,42?/m1/s1. The van der Waals surface area contributed by atoms with Gasteiger partial charge in [0.05, 0.1) is 31.5 Å². The number of carbonyl (C=O) groups is 2. The highest BCUT2D eigenvalue weighted by molar-refractivity contribution is 5.75. The maximum Gasteiger partial charge on any atom is 0.335 e. The SMILES string of the molecule is CCCCCCCCCCCCOC(=O)[C@H](CC1CCCCC1)O[C@H]1[C@@H](O)[C@@H](CO)O[C@H](O[C@@H]2CCCC(C)[C@H]2OC2OC(C)C(O)C(O)C2O)[C@@H]1NC(C)=O. The number of aliphatic hydroxyl groups is 5. The molecule has 2 aliphatic heterocycles. The third-order valence-corrected chi connectivity index (χ3v) is 12.3. The molecule has 2 saturated carbocycles. The molecule has 0 spiro atoms. The van der Waals surface area contributed by atoms with Crippen molar-refractivity contribution in [2.75, 3.05) is 13.2 Å². The summed E-state index contributed by atoms with van der Waals surface area (Å²) >= 11 is 0. The average molecular weight is 802 g/mol. The van der Waals surface area contributed by atoms with Crippen molar-refractivity contribution in [3.05, 3.63) is 0 Å². The zero-order valence-corrected chi connectivity index (χ0v) is 34.5. The maximum atomic E-state index is 13.8. The van der Waals surface area contributed by atoms with Crippen LogP contribution in [0.5, 0.6) is 0 Å². The van der Waals surface area contributed by atoms with Gasteiger partial charge in [-0.1, -0.05) is 110 Å². The van der Waals surface area contributed by atoms with Crippen molar-refractivity contribution < 1.29 is 63.5 Å². The number of aliphatic hydroxyl groups excluding tert-OH is 5. The van der Waals surface area contributed by atoms with Gasteiger partial charge in [-0.05, 0) is 44.4 Å². The van der Waals surface area contributed by atoms with Crippen molar-refractivity contribution in [1.82, 2.24) is 5.32 Å². The number of rotatable bonds is 22. The van der Waals surface area contributed by atoms with E-state index in [4.69, 9.17) is 28.4 Å². The van der Waals surface area contributed by atoms with Crippen LogP contribution in [0, 0.1) is 11.8 Å². The molecule has 0 radical (unpaired) electrons. The zero-order valence-electron chi connectivity index (χ0n) is 34.5. The predicted molar refractivity (Wildman–Crippen MR) is 207 cm³/mol. The van der Waals surface area contributed by atoms with Gasteiger partial charge in [-0.3, -0.25) is 4.79 Å². The second kappa shape index (κ2) is 24.6. The number of ether oxygens (including phenoxy) is 6. The largest absolute Gasteiger partial charge is 0.464 e. The van der Waals surface area contributed by atoms with E-state index in [2.05, 4.69) is 12.2 Å². The highest BCUT2D eigenvalue weighted by Crippen LogP contribution is 2.36. The first-order chi connectivity index (χ1) is 26.9. The number of unbranched alkanes of at least 4 members (excludes halogenated alkanes) is 9. The van der Waals surface area contributed by atoms with Gasteiger partial charge in [-0.2, -0.15) is 0 Å². The van der Waals surface area contributed by atoms with E-state index in [1.807, 2.05) is 6.92 Å². The van der Waals surface area contributed by atoms with Crippen molar-refractivity contribution in [3.63, 3.8) is 0 Å². The quantitative estimate of drug-likeness (QED) is 0.0674. The fraction of sp³-hybridized carbons (Fsp3) is 0.952. The Labute approximate surface area is 334 Å². The minimum Gasteiger partial charge on any atom is -0.464 e. The van der Waals surface area contributed by atoms with Crippen LogP contribution >= 0.6 is 0 Å². The first-order valence-corrected chi connectivity index (χ1v) is 22.0. The molecular weight excluding hydrogens is 726 g/mol. The van der Waals surface area contributed by atoms with Crippen LogP contribution in [0.15, 0.2) is 0 Å². The molecule has 2 saturated heterocycles. The molecule has 2 aliphatic carbocycles. The lowest BCUT2D eigenvalue weighted by atomic mass is 9.85. The summed E-state index contributed by atoms with van der Waals surface area (Å²) in [5.41, 5.74) is 0. The van der Waals surface area contributed by atoms with Gasteiger partial charge >= 0.3 is 5.97 Å². The van der Waals surface area contributed by atoms with Crippen molar-refractivity contribution >= 4 is 11.9 Å². The summed E-state index contributed by atoms with van der Waals surface area (Å²) in [6.45, 7) is 6.80. The van der Waals surface area contributed by atoms with E-state index in [1.54, 1.807) is 6.92 Å². The number of esters is 1. The molecule has 4 rings (SSSR count). The third-order valence-electron chi connectivity index (χ3n) is 12.3. The van der Waals surface area contributed by atoms with E-state index in [9.17, 15) is 35.1 Å². The molecule has 56 heavy (non-hydrogen) atoms. The molecular formula is C42H75NO13. The molecule has 2 heterocycles. The summed E-state index contributed by atoms with van der Waals surface area (Å²) in [7, 11) is 0. The minimum absolute atomic E-state index is 0.0804. The third kappa shape index (κ3) is 14.1. The predicted octanol–water partition coefficient (Wildman–Crippen LogP) is 4.18. The van der Waals surface area contributed by atoms with E-state index in [0.717, 1.165) is 64.2 Å². The number of amides is 1. The molecule has 14 atom stereocenters. The summed E-state index contributed by atoms with van der Waals surface area (Å²) < 4.78 is 37.1. The monoisotopic (exact) mass is 802 g/mol. The van der Waals surface area contributed by atoms with Gasteiger partial charge in [-0.15, -0.1) is 0 Å². The molecule has 4 aliphatic rings. The molecule has 326 valence electrons. The zero-order chi connectivity index (χ0) is 40.6. The molecule has 0 bridgehead atoms. The van der Waals surface area contributed by atoms with Crippen molar-refractivity contribution in [1.29, 1.82) is 0 Å². The van der Waals surface area contributed by atoms with E-state index < -0.39 is 98.1 Å². The molecule has 0 aromatic heterocycles. The smallest absolute Gasteiger partial charge is 0.335 e. The number of hydrogen-bond donors (Lipinski definition) is 6. The maximum absolute atomic E-state index is 13.8. The number of hydrogen-bond acceptors (Lipinski definition) is 13. The summed E-state index contributed by atoms with van der Waals surface area (Å²) in [5.74, 6) is -0.792. The van der Waals surface area contributed by atoms with Gasteiger partial charge in [0.25, 0.3) is 0 Å². The van der Waals surface area contributed by atoms with E-state index in [1.165, 1.54) is 51.9 Å². The Hall–Kier alpha value is -1.46. The fourth-order valence-corrected chi connectivity index (χ4v) is 8.87. The first kappa shape index (κ1) is 47.2. The van der Waals surface area contributed by atoms with Crippen LogP contribution < -0.4 is 5.32 Å². The van der Waals surface area contributed by atoms with Crippen LogP contribution in [-0.2, 0) is 38.0 Å². The molecule has 14 heteroatoms. The highest BCUT2D eigenvalue weighted by Gasteiger charge is 2.51. The van der Waals surface area contributed by atoms with Crippen molar-refractivity contribution in [2.24, 2.45) is 11.8 Å². The lowest BCUT2D eigenvalue weighted by Gasteiger charge is -2.48. The van der Waals surface area contributed by atoms with Crippen molar-refractivity contribution in [3.8, 4) is 0 Å².